The fourth-order valence-corrected chi connectivity index (χ4v) is 2.91. The van der Waals surface area contributed by atoms with Crippen LogP contribution in [0.15, 0.2) is 40.9 Å². The Balaban J connectivity index is 2.21. The van der Waals surface area contributed by atoms with E-state index in [1.807, 2.05) is 24.3 Å². The van der Waals surface area contributed by atoms with Gasteiger partial charge >= 0.3 is 0 Å². The molecule has 5 heteroatoms. The number of hydrogen-bond acceptors (Lipinski definition) is 2. The first-order valence-corrected chi connectivity index (χ1v) is 8.22. The molecule has 1 atom stereocenters. The Morgan fingerprint density at radius 2 is 1.71 bits per heavy atom. The van der Waals surface area contributed by atoms with E-state index in [4.69, 9.17) is 27.9 Å². The predicted octanol–water partition coefficient (Wildman–Crippen LogP) is 6.22. The summed E-state index contributed by atoms with van der Waals surface area (Å²) in [5.74, 6) is 1.17. The van der Waals surface area contributed by atoms with Gasteiger partial charge in [-0.25, -0.2) is 0 Å². The molecule has 0 fully saturated rings. The number of benzene rings is 2. The van der Waals surface area contributed by atoms with Crippen LogP contribution >= 0.6 is 39.1 Å². The summed E-state index contributed by atoms with van der Waals surface area (Å²) in [6.07, 6.45) is 0. The molecule has 0 spiro atoms. The summed E-state index contributed by atoms with van der Waals surface area (Å²) in [5, 5.41) is 4.45. The molecule has 0 heterocycles. The van der Waals surface area contributed by atoms with Gasteiger partial charge in [-0.3, -0.25) is 0 Å². The van der Waals surface area contributed by atoms with E-state index in [1.165, 1.54) is 0 Å². The zero-order chi connectivity index (χ0) is 15.4. The molecule has 0 aromatic heterocycles. The van der Waals surface area contributed by atoms with Crippen molar-refractivity contribution in [2.45, 2.75) is 19.9 Å². The minimum absolute atomic E-state index is 0.248. The lowest BCUT2D eigenvalue weighted by Gasteiger charge is -2.15. The number of halogens is 3. The van der Waals surface area contributed by atoms with Crippen molar-refractivity contribution in [1.29, 1.82) is 0 Å². The van der Waals surface area contributed by atoms with Crippen molar-refractivity contribution in [3.63, 3.8) is 0 Å². The SMILES string of the molecule is CCNC(C)c1ccc(Oc2ccc(Br)cc2Cl)c(Cl)c1. The quantitative estimate of drug-likeness (QED) is 0.656. The topological polar surface area (TPSA) is 21.3 Å². The van der Waals surface area contributed by atoms with Gasteiger partial charge in [-0.2, -0.15) is 0 Å². The number of hydrogen-bond donors (Lipinski definition) is 1. The second kappa shape index (κ2) is 7.50. The summed E-state index contributed by atoms with van der Waals surface area (Å²) in [4.78, 5) is 0. The molecule has 1 unspecified atom stereocenters. The van der Waals surface area contributed by atoms with E-state index >= 15 is 0 Å². The molecule has 0 aliphatic heterocycles. The summed E-state index contributed by atoms with van der Waals surface area (Å²) in [6, 6.07) is 11.5. The maximum Gasteiger partial charge on any atom is 0.146 e. The fraction of sp³-hybridized carbons (Fsp3) is 0.250. The van der Waals surface area contributed by atoms with E-state index in [2.05, 4.69) is 35.1 Å². The fourth-order valence-electron chi connectivity index (χ4n) is 1.97. The van der Waals surface area contributed by atoms with E-state index in [0.717, 1.165) is 16.6 Å². The average Bonchev–Trinajstić information content (AvgIpc) is 2.44. The molecular formula is C16H16BrCl2NO. The summed E-state index contributed by atoms with van der Waals surface area (Å²) < 4.78 is 6.69. The second-order valence-corrected chi connectivity index (χ2v) is 6.38. The van der Waals surface area contributed by atoms with Gasteiger partial charge in [-0.15, -0.1) is 0 Å². The van der Waals surface area contributed by atoms with E-state index in [0.29, 0.717) is 21.5 Å². The molecule has 0 bridgehead atoms. The lowest BCUT2D eigenvalue weighted by atomic mass is 10.1. The van der Waals surface area contributed by atoms with Gasteiger partial charge in [-0.05, 0) is 49.4 Å². The van der Waals surface area contributed by atoms with Crippen molar-refractivity contribution < 1.29 is 4.74 Å². The third-order valence-corrected chi connectivity index (χ3v) is 4.16. The third-order valence-electron chi connectivity index (χ3n) is 3.08. The highest BCUT2D eigenvalue weighted by Gasteiger charge is 2.10. The molecule has 0 aliphatic carbocycles. The zero-order valence-electron chi connectivity index (χ0n) is 11.8. The molecule has 21 heavy (non-hydrogen) atoms. The van der Waals surface area contributed by atoms with Crippen molar-refractivity contribution in [2.24, 2.45) is 0 Å². The number of rotatable bonds is 5. The first-order valence-electron chi connectivity index (χ1n) is 6.67. The molecule has 1 N–H and O–H groups in total. The van der Waals surface area contributed by atoms with Crippen molar-refractivity contribution in [2.75, 3.05) is 6.54 Å². The smallest absolute Gasteiger partial charge is 0.146 e. The van der Waals surface area contributed by atoms with Crippen molar-refractivity contribution in [3.8, 4) is 11.5 Å². The molecule has 0 saturated heterocycles. The largest absolute Gasteiger partial charge is 0.454 e. The number of nitrogens with one attached hydrogen (secondary N) is 1. The maximum absolute atomic E-state index is 6.30. The van der Waals surface area contributed by atoms with Crippen LogP contribution in [0.25, 0.3) is 0 Å². The molecular weight excluding hydrogens is 373 g/mol. The molecule has 112 valence electrons. The van der Waals surface area contributed by atoms with Gasteiger partial charge < -0.3 is 10.1 Å². The Morgan fingerprint density at radius 1 is 1.10 bits per heavy atom. The van der Waals surface area contributed by atoms with Crippen LogP contribution in [0.3, 0.4) is 0 Å². The predicted molar refractivity (Wildman–Crippen MR) is 92.8 cm³/mol. The third kappa shape index (κ3) is 4.36. The Morgan fingerprint density at radius 3 is 2.29 bits per heavy atom. The highest BCUT2D eigenvalue weighted by atomic mass is 79.9. The first kappa shape index (κ1) is 16.6. The number of ether oxygens (including phenoxy) is 1. The molecule has 0 amide bonds. The molecule has 2 nitrogen and oxygen atoms in total. The lowest BCUT2D eigenvalue weighted by molar-refractivity contribution is 0.482. The van der Waals surface area contributed by atoms with Crippen LogP contribution in [0.4, 0.5) is 0 Å². The molecule has 0 radical (unpaired) electrons. The van der Waals surface area contributed by atoms with Gasteiger partial charge in [0.15, 0.2) is 0 Å². The van der Waals surface area contributed by atoms with Crippen LogP contribution in [0.1, 0.15) is 25.5 Å². The van der Waals surface area contributed by atoms with Crippen molar-refractivity contribution in [1.82, 2.24) is 5.32 Å². The summed E-state index contributed by atoms with van der Waals surface area (Å²) in [6.45, 7) is 5.08. The van der Waals surface area contributed by atoms with Crippen molar-refractivity contribution >= 4 is 39.1 Å². The van der Waals surface area contributed by atoms with Crippen LogP contribution in [-0.4, -0.2) is 6.54 Å². The highest BCUT2D eigenvalue weighted by molar-refractivity contribution is 9.10. The molecule has 0 saturated carbocycles. The molecule has 2 aromatic carbocycles. The summed E-state index contributed by atoms with van der Waals surface area (Å²) >= 11 is 15.8. The van der Waals surface area contributed by atoms with Gasteiger partial charge in [-0.1, -0.05) is 52.1 Å². The zero-order valence-corrected chi connectivity index (χ0v) is 14.9. The van der Waals surface area contributed by atoms with E-state index in [9.17, 15) is 0 Å². The van der Waals surface area contributed by atoms with Crippen LogP contribution in [0.2, 0.25) is 10.0 Å². The Kier molecular flexibility index (Phi) is 5.94. The minimum atomic E-state index is 0.248. The van der Waals surface area contributed by atoms with E-state index < -0.39 is 0 Å². The van der Waals surface area contributed by atoms with Gasteiger partial charge in [0.2, 0.25) is 0 Å². The normalized spacial score (nSPS) is 12.2. The van der Waals surface area contributed by atoms with E-state index in [1.54, 1.807) is 12.1 Å². The molecule has 2 aromatic rings. The molecule has 0 aliphatic rings. The summed E-state index contributed by atoms with van der Waals surface area (Å²) in [7, 11) is 0. The lowest BCUT2D eigenvalue weighted by Crippen LogP contribution is -2.17. The van der Waals surface area contributed by atoms with Gasteiger partial charge in [0.05, 0.1) is 10.0 Å². The first-order chi connectivity index (χ1) is 10.0. The van der Waals surface area contributed by atoms with Crippen LogP contribution < -0.4 is 10.1 Å². The second-order valence-electron chi connectivity index (χ2n) is 4.65. The van der Waals surface area contributed by atoms with Gasteiger partial charge in [0.1, 0.15) is 11.5 Å². The standard InChI is InChI=1S/C16H16BrCl2NO/c1-3-20-10(2)11-4-6-15(13(18)8-11)21-16-7-5-12(17)9-14(16)19/h4-10,20H,3H2,1-2H3. The summed E-state index contributed by atoms with van der Waals surface area (Å²) in [5.41, 5.74) is 1.12. The Labute approximate surface area is 143 Å². The van der Waals surface area contributed by atoms with Crippen LogP contribution in [-0.2, 0) is 0 Å². The van der Waals surface area contributed by atoms with E-state index in [-0.39, 0.29) is 6.04 Å². The average molecular weight is 389 g/mol. The van der Waals surface area contributed by atoms with Gasteiger partial charge in [0, 0.05) is 10.5 Å². The minimum Gasteiger partial charge on any atom is -0.454 e. The monoisotopic (exact) mass is 387 g/mol. The van der Waals surface area contributed by atoms with Gasteiger partial charge in [0.25, 0.3) is 0 Å². The maximum atomic E-state index is 6.30. The Bertz CT molecular complexity index is 634. The van der Waals surface area contributed by atoms with Crippen molar-refractivity contribution in [3.05, 3.63) is 56.5 Å². The van der Waals surface area contributed by atoms with Crippen LogP contribution in [0.5, 0.6) is 11.5 Å². The highest BCUT2D eigenvalue weighted by Crippen LogP contribution is 2.36. The van der Waals surface area contributed by atoms with Crippen LogP contribution in [0, 0.1) is 0 Å². The Hall–Kier alpha value is -0.740. The molecule has 2 rings (SSSR count).